The number of imidazole rings is 1. The van der Waals surface area contributed by atoms with Crippen LogP contribution in [0.5, 0.6) is 5.75 Å². The van der Waals surface area contributed by atoms with Crippen LogP contribution in [0.15, 0.2) is 59.3 Å². The molecule has 10 nitrogen and oxygen atoms in total. The Hall–Kier alpha value is -4.15. The van der Waals surface area contributed by atoms with Gasteiger partial charge in [-0.25, -0.2) is 4.98 Å². The number of aromatic nitrogens is 3. The van der Waals surface area contributed by atoms with Crippen molar-refractivity contribution in [3.05, 3.63) is 65.8 Å². The molecule has 1 saturated heterocycles. The molecule has 0 aliphatic carbocycles. The number of carbonyl (C=O) groups is 1. The van der Waals surface area contributed by atoms with Gasteiger partial charge in [0.1, 0.15) is 18.2 Å². The minimum absolute atomic E-state index is 0.256. The number of nitrogens with two attached hydrogens (primary N) is 1. The maximum absolute atomic E-state index is 13.0. The second-order valence-electron chi connectivity index (χ2n) is 8.61. The lowest BCUT2D eigenvalue weighted by Gasteiger charge is -2.26. The number of nitrogens with one attached hydrogen (secondary N) is 3. The molecule has 4 aromatic rings. The molecular weight excluding hydrogens is 458 g/mol. The Kier molecular flexibility index (Phi) is 6.96. The molecule has 0 spiro atoms. The molecule has 0 radical (unpaired) electrons. The van der Waals surface area contributed by atoms with Gasteiger partial charge >= 0.3 is 0 Å². The molecule has 2 aromatic heterocycles. The minimum atomic E-state index is -0.256. The lowest BCUT2D eigenvalue weighted by molar-refractivity contribution is 0.0322. The number of hydrazone groups is 1. The number of morpholine rings is 1. The first-order chi connectivity index (χ1) is 17.6. The van der Waals surface area contributed by atoms with E-state index in [-0.39, 0.29) is 11.4 Å². The number of allylic oxidation sites excluding steroid dienone is 1. The maximum Gasteiger partial charge on any atom is 0.212 e. The van der Waals surface area contributed by atoms with E-state index in [2.05, 4.69) is 30.4 Å². The maximum atomic E-state index is 13.0. The summed E-state index contributed by atoms with van der Waals surface area (Å²) in [6, 6.07) is 13.2. The van der Waals surface area contributed by atoms with E-state index < -0.39 is 0 Å². The van der Waals surface area contributed by atoms with E-state index in [1.54, 1.807) is 6.07 Å². The van der Waals surface area contributed by atoms with Gasteiger partial charge in [0.25, 0.3) is 0 Å². The summed E-state index contributed by atoms with van der Waals surface area (Å²) < 4.78 is 11.3. The second kappa shape index (κ2) is 10.6. The van der Waals surface area contributed by atoms with E-state index in [0.29, 0.717) is 12.3 Å². The molecule has 2 aromatic carbocycles. The van der Waals surface area contributed by atoms with Gasteiger partial charge in [0.15, 0.2) is 0 Å². The van der Waals surface area contributed by atoms with Gasteiger partial charge in [-0.3, -0.25) is 15.1 Å². The number of Topliss-reactive ketones (excluding diaryl/α,β-unsaturated/α-hetero) is 1. The third kappa shape index (κ3) is 5.40. The predicted octanol–water partition coefficient (Wildman–Crippen LogP) is 3.19. The summed E-state index contributed by atoms with van der Waals surface area (Å²) in [4.78, 5) is 26.1. The third-order valence-corrected chi connectivity index (χ3v) is 6.06. The number of ether oxygens (including phenoxy) is 2. The van der Waals surface area contributed by atoms with Crippen molar-refractivity contribution < 1.29 is 14.3 Å². The molecule has 0 saturated carbocycles. The fraction of sp³-hybridized carbons (Fsp3) is 0.269. The van der Waals surface area contributed by atoms with Gasteiger partial charge in [0.05, 0.1) is 47.4 Å². The number of hydrogen-bond acceptors (Lipinski definition) is 8. The zero-order valence-electron chi connectivity index (χ0n) is 20.1. The summed E-state index contributed by atoms with van der Waals surface area (Å²) in [6.07, 6.45) is 2.66. The molecule has 5 N–H and O–H groups in total. The molecule has 0 amide bonds. The van der Waals surface area contributed by atoms with E-state index in [0.717, 1.165) is 72.0 Å². The van der Waals surface area contributed by atoms with Crippen molar-refractivity contribution in [2.75, 3.05) is 44.9 Å². The summed E-state index contributed by atoms with van der Waals surface area (Å²) in [7, 11) is 0. The first-order valence-corrected chi connectivity index (χ1v) is 11.9. The lowest BCUT2D eigenvalue weighted by Crippen LogP contribution is -2.38. The summed E-state index contributed by atoms with van der Waals surface area (Å²) in [6.45, 7) is 6.74. The van der Waals surface area contributed by atoms with Crippen molar-refractivity contribution in [1.82, 2.24) is 19.9 Å². The highest BCUT2D eigenvalue weighted by Gasteiger charge is 2.14. The molecule has 5 rings (SSSR count). The van der Waals surface area contributed by atoms with Crippen LogP contribution in [0.2, 0.25) is 0 Å². The number of aromatic amines is 2. The number of rotatable bonds is 9. The molecular formula is C26H29N7O3. The van der Waals surface area contributed by atoms with Crippen molar-refractivity contribution >= 4 is 39.6 Å². The summed E-state index contributed by atoms with van der Waals surface area (Å²) >= 11 is 0. The Bertz CT molecular complexity index is 1430. The average molecular weight is 488 g/mol. The van der Waals surface area contributed by atoms with E-state index in [1.807, 2.05) is 43.3 Å². The zero-order chi connectivity index (χ0) is 24.9. The molecule has 36 heavy (non-hydrogen) atoms. The fourth-order valence-corrected chi connectivity index (χ4v) is 4.15. The first-order valence-electron chi connectivity index (χ1n) is 11.9. The van der Waals surface area contributed by atoms with Crippen molar-refractivity contribution in [2.45, 2.75) is 6.92 Å². The van der Waals surface area contributed by atoms with E-state index in [4.69, 9.17) is 15.2 Å². The summed E-state index contributed by atoms with van der Waals surface area (Å²) in [5.41, 5.74) is 12.7. The van der Waals surface area contributed by atoms with Gasteiger partial charge < -0.3 is 25.2 Å². The topological polar surface area (TPSA) is 134 Å². The Morgan fingerprint density at radius 1 is 1.19 bits per heavy atom. The second-order valence-corrected chi connectivity index (χ2v) is 8.61. The number of benzene rings is 2. The van der Waals surface area contributed by atoms with Crippen molar-refractivity contribution in [3.8, 4) is 5.75 Å². The number of H-pyrrole nitrogens is 2. The van der Waals surface area contributed by atoms with E-state index in [1.165, 1.54) is 12.4 Å². The number of hydrogen-bond donors (Lipinski definition) is 4. The number of ketones is 1. The SMILES string of the molecule is Cc1nc2ccc(N/N=C\C(=C\N)C(=O)c3cc4ccc(OCCN5CCOCC5)cc4[nH]3)cc2[nH]1. The molecule has 1 aliphatic heterocycles. The van der Waals surface area contributed by atoms with Gasteiger partial charge in [-0.15, -0.1) is 0 Å². The molecule has 186 valence electrons. The highest BCUT2D eigenvalue weighted by atomic mass is 16.5. The van der Waals surface area contributed by atoms with Crippen LogP contribution in [0.3, 0.4) is 0 Å². The Morgan fingerprint density at radius 3 is 2.89 bits per heavy atom. The number of nitrogens with zero attached hydrogens (tertiary/aromatic N) is 3. The molecule has 10 heteroatoms. The van der Waals surface area contributed by atoms with Crippen LogP contribution >= 0.6 is 0 Å². The monoisotopic (exact) mass is 487 g/mol. The average Bonchev–Trinajstić information content (AvgIpc) is 3.49. The molecule has 3 heterocycles. The Morgan fingerprint density at radius 2 is 2.06 bits per heavy atom. The van der Waals surface area contributed by atoms with Crippen molar-refractivity contribution in [2.24, 2.45) is 10.8 Å². The highest BCUT2D eigenvalue weighted by Crippen LogP contribution is 2.23. The normalized spacial score (nSPS) is 15.2. The van der Waals surface area contributed by atoms with E-state index >= 15 is 0 Å². The molecule has 0 unspecified atom stereocenters. The smallest absolute Gasteiger partial charge is 0.212 e. The minimum Gasteiger partial charge on any atom is -0.492 e. The fourth-order valence-electron chi connectivity index (χ4n) is 4.15. The van der Waals surface area contributed by atoms with Gasteiger partial charge in [-0.2, -0.15) is 5.10 Å². The van der Waals surface area contributed by atoms with Crippen LogP contribution in [-0.2, 0) is 4.74 Å². The lowest BCUT2D eigenvalue weighted by atomic mass is 10.1. The third-order valence-electron chi connectivity index (χ3n) is 6.06. The van der Waals surface area contributed by atoms with Gasteiger partial charge in [0, 0.05) is 42.8 Å². The standard InChI is InChI=1S/C26H29N7O3/c1-17-29-22-5-3-20(13-24(22)30-17)32-28-16-19(15-27)26(34)25-12-18-2-4-21(14-23(18)31-25)36-11-8-33-6-9-35-10-7-33/h2-5,12-16,31-32H,6-11,27H2,1H3,(H,29,30)/b19-15-,28-16-. The molecule has 0 atom stereocenters. The van der Waals surface area contributed by atoms with Gasteiger partial charge in [-0.1, -0.05) is 0 Å². The summed E-state index contributed by atoms with van der Waals surface area (Å²) in [5.74, 6) is 1.34. The van der Waals surface area contributed by atoms with Crippen molar-refractivity contribution in [3.63, 3.8) is 0 Å². The van der Waals surface area contributed by atoms with Crippen molar-refractivity contribution in [1.29, 1.82) is 0 Å². The predicted molar refractivity (Wildman–Crippen MR) is 141 cm³/mol. The summed E-state index contributed by atoms with van der Waals surface area (Å²) in [5, 5.41) is 5.10. The number of carbonyl (C=O) groups excluding carboxylic acids is 1. The zero-order valence-corrected chi connectivity index (χ0v) is 20.1. The quantitative estimate of drug-likeness (QED) is 0.123. The molecule has 0 bridgehead atoms. The number of anilines is 1. The highest BCUT2D eigenvalue weighted by molar-refractivity contribution is 6.21. The van der Waals surface area contributed by atoms with Crippen LogP contribution in [0.25, 0.3) is 21.9 Å². The molecule has 1 aliphatic rings. The van der Waals surface area contributed by atoms with Gasteiger partial charge in [0.2, 0.25) is 5.78 Å². The number of fused-ring (bicyclic) bond motifs is 2. The largest absolute Gasteiger partial charge is 0.492 e. The van der Waals surface area contributed by atoms with Crippen LogP contribution in [0.1, 0.15) is 16.3 Å². The van der Waals surface area contributed by atoms with Crippen LogP contribution in [0.4, 0.5) is 5.69 Å². The number of aryl methyl sites for hydroxylation is 1. The molecule has 1 fully saturated rings. The van der Waals surface area contributed by atoms with Gasteiger partial charge in [-0.05, 0) is 43.3 Å². The Balaban J connectivity index is 1.21. The van der Waals surface area contributed by atoms with E-state index in [9.17, 15) is 4.79 Å². The van der Waals surface area contributed by atoms with Crippen LogP contribution < -0.4 is 15.9 Å². The van der Waals surface area contributed by atoms with Crippen LogP contribution in [0, 0.1) is 6.92 Å². The van der Waals surface area contributed by atoms with Crippen LogP contribution in [-0.4, -0.2) is 71.3 Å². The first kappa shape index (κ1) is 23.6. The Labute approximate surface area is 208 Å².